The topological polar surface area (TPSA) is 59.4 Å². The third kappa shape index (κ3) is 4.05. The molecule has 106 valence electrons. The van der Waals surface area contributed by atoms with Gasteiger partial charge >= 0.3 is 0 Å². The molecule has 0 atom stereocenters. The minimum absolute atomic E-state index is 0.000318. The van der Waals surface area contributed by atoms with Gasteiger partial charge in [-0.05, 0) is 30.8 Å². The van der Waals surface area contributed by atoms with Crippen molar-refractivity contribution in [3.63, 3.8) is 0 Å². The molecule has 1 aliphatic rings. The zero-order valence-corrected chi connectivity index (χ0v) is 11.8. The highest BCUT2D eigenvalue weighted by Gasteiger charge is 2.17. The number of nitrogens with one attached hydrogen (secondary N) is 1. The third-order valence-electron chi connectivity index (χ3n) is 3.58. The summed E-state index contributed by atoms with van der Waals surface area (Å²) in [6.07, 6.45) is 0. The van der Waals surface area contributed by atoms with Crippen LogP contribution in [0, 0.1) is 11.3 Å². The van der Waals surface area contributed by atoms with Crippen molar-refractivity contribution in [2.75, 3.05) is 44.6 Å². The number of nitrogens with zero attached hydrogens (tertiary/aromatic N) is 3. The Labute approximate surface area is 119 Å². The van der Waals surface area contributed by atoms with E-state index in [0.29, 0.717) is 12.1 Å². The first-order valence-electron chi connectivity index (χ1n) is 6.96. The van der Waals surface area contributed by atoms with Crippen LogP contribution in [0.2, 0.25) is 0 Å². The van der Waals surface area contributed by atoms with Crippen LogP contribution in [0.3, 0.4) is 0 Å². The number of piperazine rings is 1. The molecule has 1 aromatic rings. The molecule has 5 heteroatoms. The zero-order valence-electron chi connectivity index (χ0n) is 11.8. The zero-order chi connectivity index (χ0) is 14.4. The maximum Gasteiger partial charge on any atom is 0.238 e. The Kier molecular flexibility index (Phi) is 5.10. The van der Waals surface area contributed by atoms with Gasteiger partial charge in [0, 0.05) is 31.9 Å². The van der Waals surface area contributed by atoms with Gasteiger partial charge in [-0.3, -0.25) is 9.69 Å². The van der Waals surface area contributed by atoms with Gasteiger partial charge in [-0.25, -0.2) is 0 Å². The molecule has 1 heterocycles. The van der Waals surface area contributed by atoms with Gasteiger partial charge in [0.1, 0.15) is 0 Å². The summed E-state index contributed by atoms with van der Waals surface area (Å²) >= 11 is 0. The lowest BCUT2D eigenvalue weighted by atomic mass is 10.2. The maximum atomic E-state index is 12.0. The molecule has 0 radical (unpaired) electrons. The van der Waals surface area contributed by atoms with Crippen LogP contribution in [0.25, 0.3) is 0 Å². The molecule has 20 heavy (non-hydrogen) atoms. The Morgan fingerprint density at radius 3 is 2.35 bits per heavy atom. The van der Waals surface area contributed by atoms with Crippen molar-refractivity contribution < 1.29 is 4.79 Å². The van der Waals surface area contributed by atoms with Crippen LogP contribution in [0.5, 0.6) is 0 Å². The molecule has 2 rings (SSSR count). The number of amides is 1. The second kappa shape index (κ2) is 7.04. The lowest BCUT2D eigenvalue weighted by molar-refractivity contribution is -0.117. The molecule has 0 aromatic heterocycles. The normalized spacial score (nSPS) is 16.6. The molecule has 5 nitrogen and oxygen atoms in total. The van der Waals surface area contributed by atoms with Crippen LogP contribution < -0.4 is 5.32 Å². The second-order valence-electron chi connectivity index (χ2n) is 4.95. The number of hydrogen-bond donors (Lipinski definition) is 1. The largest absolute Gasteiger partial charge is 0.325 e. The van der Waals surface area contributed by atoms with Crippen molar-refractivity contribution in [3.05, 3.63) is 29.8 Å². The van der Waals surface area contributed by atoms with E-state index < -0.39 is 0 Å². The van der Waals surface area contributed by atoms with Gasteiger partial charge in [-0.2, -0.15) is 5.26 Å². The highest BCUT2D eigenvalue weighted by atomic mass is 16.2. The van der Waals surface area contributed by atoms with Gasteiger partial charge in [0.25, 0.3) is 0 Å². The van der Waals surface area contributed by atoms with Gasteiger partial charge < -0.3 is 10.2 Å². The van der Waals surface area contributed by atoms with Crippen LogP contribution >= 0.6 is 0 Å². The quantitative estimate of drug-likeness (QED) is 0.893. The minimum Gasteiger partial charge on any atom is -0.325 e. The van der Waals surface area contributed by atoms with Crippen molar-refractivity contribution in [1.29, 1.82) is 5.26 Å². The van der Waals surface area contributed by atoms with E-state index in [-0.39, 0.29) is 5.91 Å². The van der Waals surface area contributed by atoms with Crippen LogP contribution in [0.1, 0.15) is 12.5 Å². The molecule has 0 aliphatic carbocycles. The highest BCUT2D eigenvalue weighted by molar-refractivity contribution is 5.92. The lowest BCUT2D eigenvalue weighted by Gasteiger charge is -2.33. The molecule has 0 spiro atoms. The Morgan fingerprint density at radius 2 is 1.80 bits per heavy atom. The van der Waals surface area contributed by atoms with Crippen molar-refractivity contribution in [1.82, 2.24) is 9.80 Å². The van der Waals surface area contributed by atoms with Gasteiger partial charge in [-0.1, -0.05) is 6.92 Å². The Morgan fingerprint density at radius 1 is 1.20 bits per heavy atom. The molecule has 1 aromatic carbocycles. The smallest absolute Gasteiger partial charge is 0.238 e. The molecule has 1 N–H and O–H groups in total. The van der Waals surface area contributed by atoms with Crippen molar-refractivity contribution in [2.45, 2.75) is 6.92 Å². The number of anilines is 1. The Balaban J connectivity index is 1.79. The first kappa shape index (κ1) is 14.5. The third-order valence-corrected chi connectivity index (χ3v) is 3.58. The van der Waals surface area contributed by atoms with Crippen LogP contribution in [-0.2, 0) is 4.79 Å². The van der Waals surface area contributed by atoms with Crippen molar-refractivity contribution in [3.8, 4) is 6.07 Å². The number of hydrogen-bond acceptors (Lipinski definition) is 4. The number of carbonyl (C=O) groups is 1. The molecule has 1 saturated heterocycles. The van der Waals surface area contributed by atoms with E-state index in [1.165, 1.54) is 0 Å². The summed E-state index contributed by atoms with van der Waals surface area (Å²) in [5, 5.41) is 11.6. The average molecular weight is 272 g/mol. The molecule has 0 unspecified atom stereocenters. The lowest BCUT2D eigenvalue weighted by Crippen LogP contribution is -2.48. The molecule has 0 saturated carbocycles. The number of benzene rings is 1. The summed E-state index contributed by atoms with van der Waals surface area (Å²) in [6, 6.07) is 8.98. The van der Waals surface area contributed by atoms with Gasteiger partial charge in [0.15, 0.2) is 0 Å². The van der Waals surface area contributed by atoms with E-state index in [2.05, 4.69) is 28.1 Å². The van der Waals surface area contributed by atoms with Crippen molar-refractivity contribution >= 4 is 11.6 Å². The summed E-state index contributed by atoms with van der Waals surface area (Å²) in [7, 11) is 0. The van der Waals surface area contributed by atoms with E-state index in [1.54, 1.807) is 24.3 Å². The molecular formula is C15H20N4O. The molecular weight excluding hydrogens is 252 g/mol. The molecule has 1 amide bonds. The fraction of sp³-hybridized carbons (Fsp3) is 0.467. The standard InChI is InChI=1S/C15H20N4O/c1-2-18-7-9-19(10-8-18)12-15(20)17-14-5-3-13(11-16)4-6-14/h3-6H,2,7-10,12H2,1H3,(H,17,20). The van der Waals surface area contributed by atoms with E-state index in [9.17, 15) is 4.79 Å². The first-order chi connectivity index (χ1) is 9.71. The van der Waals surface area contributed by atoms with E-state index in [4.69, 9.17) is 5.26 Å². The summed E-state index contributed by atoms with van der Waals surface area (Å²) in [6.45, 7) is 7.60. The predicted octanol–water partition coefficient (Wildman–Crippen LogP) is 1.13. The Bertz CT molecular complexity index is 484. The Hall–Kier alpha value is -1.90. The number of likely N-dealkylation sites (N-methyl/N-ethyl adjacent to an activating group) is 1. The second-order valence-corrected chi connectivity index (χ2v) is 4.95. The van der Waals surface area contributed by atoms with Gasteiger partial charge in [0.05, 0.1) is 18.2 Å². The summed E-state index contributed by atoms with van der Waals surface area (Å²) in [5.74, 6) is -0.000318. The minimum atomic E-state index is -0.000318. The molecule has 1 fully saturated rings. The van der Waals surface area contributed by atoms with E-state index in [0.717, 1.165) is 38.4 Å². The van der Waals surface area contributed by atoms with Crippen LogP contribution in [0.15, 0.2) is 24.3 Å². The fourth-order valence-corrected chi connectivity index (χ4v) is 2.30. The SMILES string of the molecule is CCN1CCN(CC(=O)Nc2ccc(C#N)cc2)CC1. The van der Waals surface area contributed by atoms with Crippen molar-refractivity contribution in [2.24, 2.45) is 0 Å². The van der Waals surface area contributed by atoms with E-state index >= 15 is 0 Å². The fourth-order valence-electron chi connectivity index (χ4n) is 2.30. The number of nitriles is 1. The first-order valence-corrected chi connectivity index (χ1v) is 6.96. The highest BCUT2D eigenvalue weighted by Crippen LogP contribution is 2.09. The van der Waals surface area contributed by atoms with Gasteiger partial charge in [-0.15, -0.1) is 0 Å². The number of rotatable bonds is 4. The van der Waals surface area contributed by atoms with Crippen LogP contribution in [0.4, 0.5) is 5.69 Å². The summed E-state index contributed by atoms with van der Waals surface area (Å²) in [4.78, 5) is 16.5. The average Bonchev–Trinajstić information content (AvgIpc) is 2.49. The molecule has 0 bridgehead atoms. The van der Waals surface area contributed by atoms with Gasteiger partial charge in [0.2, 0.25) is 5.91 Å². The molecule has 1 aliphatic heterocycles. The number of carbonyl (C=O) groups excluding carboxylic acids is 1. The predicted molar refractivity (Wildman–Crippen MR) is 78.3 cm³/mol. The van der Waals surface area contributed by atoms with E-state index in [1.807, 2.05) is 0 Å². The summed E-state index contributed by atoms with van der Waals surface area (Å²) < 4.78 is 0. The van der Waals surface area contributed by atoms with Crippen LogP contribution in [-0.4, -0.2) is 55.0 Å². The monoisotopic (exact) mass is 272 g/mol. The maximum absolute atomic E-state index is 12.0. The summed E-state index contributed by atoms with van der Waals surface area (Å²) in [5.41, 5.74) is 1.33.